The van der Waals surface area contributed by atoms with Gasteiger partial charge in [-0.3, -0.25) is 14.4 Å². The number of ether oxygens (including phenoxy) is 1. The molecule has 43 heavy (non-hydrogen) atoms. The van der Waals surface area contributed by atoms with Crippen molar-refractivity contribution in [3.63, 3.8) is 0 Å². The van der Waals surface area contributed by atoms with E-state index in [1.54, 1.807) is 0 Å². The molecular formula is C27H29F4N5O7. The van der Waals surface area contributed by atoms with Crippen molar-refractivity contribution in [3.8, 4) is 5.75 Å². The van der Waals surface area contributed by atoms with Gasteiger partial charge in [0.25, 0.3) is 11.9 Å². The predicted molar refractivity (Wildman–Crippen MR) is 137 cm³/mol. The number of halogens is 4. The van der Waals surface area contributed by atoms with Gasteiger partial charge in [0, 0.05) is 18.2 Å². The number of aromatic hydroxyl groups is 1. The fraction of sp³-hybridized carbons (Fsp3) is 0.481. The molecule has 2 fully saturated rings. The van der Waals surface area contributed by atoms with Gasteiger partial charge in [0.05, 0.1) is 18.1 Å². The van der Waals surface area contributed by atoms with Crippen molar-refractivity contribution >= 4 is 23.7 Å². The summed E-state index contributed by atoms with van der Waals surface area (Å²) in [6.07, 6.45) is -1.25. The van der Waals surface area contributed by atoms with Crippen LogP contribution in [0, 0.1) is 35.4 Å². The zero-order chi connectivity index (χ0) is 31.6. The number of aliphatic hydroxyl groups excluding tert-OH is 1. The number of hydrogen-bond donors (Lipinski definition) is 5. The monoisotopic (exact) mass is 611 g/mol. The van der Waals surface area contributed by atoms with Crippen LogP contribution >= 0.6 is 0 Å². The third-order valence-corrected chi connectivity index (χ3v) is 7.69. The van der Waals surface area contributed by atoms with E-state index in [9.17, 15) is 47.0 Å². The summed E-state index contributed by atoms with van der Waals surface area (Å²) >= 11 is 0. The maximum atomic E-state index is 14.6. The number of nitrogens with one attached hydrogen (secondary N) is 3. The maximum Gasteiger partial charge on any atom is 0.329 e. The summed E-state index contributed by atoms with van der Waals surface area (Å²) in [6.45, 7) is 2.47. The second-order valence-electron chi connectivity index (χ2n) is 10.5. The van der Waals surface area contributed by atoms with Gasteiger partial charge < -0.3 is 30.9 Å². The van der Waals surface area contributed by atoms with Crippen LogP contribution in [-0.2, 0) is 25.5 Å². The highest BCUT2D eigenvalue weighted by Crippen LogP contribution is 2.31. The summed E-state index contributed by atoms with van der Waals surface area (Å²) in [7, 11) is 0. The normalized spacial score (nSPS) is 27.1. The van der Waals surface area contributed by atoms with Gasteiger partial charge in [-0.25, -0.2) is 14.2 Å². The van der Waals surface area contributed by atoms with Crippen molar-refractivity contribution in [1.29, 1.82) is 0 Å². The first-order valence-electron chi connectivity index (χ1n) is 13.4. The molecule has 3 amide bonds. The summed E-state index contributed by atoms with van der Waals surface area (Å²) < 4.78 is 61.9. The van der Waals surface area contributed by atoms with Crippen molar-refractivity contribution in [3.05, 3.63) is 53.1 Å². The number of aliphatic hydroxyl groups is 1. The van der Waals surface area contributed by atoms with E-state index in [1.165, 1.54) is 26.1 Å². The molecule has 5 N–H and O–H groups in total. The SMILES string of the molecule is CC1OC(=O)C(C2CCC2)NC(=O)C(C)C(O)C(Cc2c(F)nc(F)c(F)c2F)NC(=O)C1NC(=O)c1ncccc1O. The lowest BCUT2D eigenvalue weighted by molar-refractivity contribution is -0.158. The van der Waals surface area contributed by atoms with Crippen LogP contribution in [0.4, 0.5) is 17.6 Å². The highest BCUT2D eigenvalue weighted by Gasteiger charge is 2.42. The number of esters is 1. The number of aromatic nitrogens is 2. The topological polar surface area (TPSA) is 180 Å². The van der Waals surface area contributed by atoms with E-state index in [2.05, 4.69) is 25.9 Å². The number of rotatable bonds is 5. The molecule has 4 rings (SSSR count). The van der Waals surface area contributed by atoms with Gasteiger partial charge in [0.15, 0.2) is 11.5 Å². The number of amides is 3. The van der Waals surface area contributed by atoms with Crippen LogP contribution in [-0.4, -0.2) is 74.2 Å². The molecule has 2 aliphatic rings. The Morgan fingerprint density at radius 3 is 2.40 bits per heavy atom. The average molecular weight is 612 g/mol. The summed E-state index contributed by atoms with van der Waals surface area (Å²) in [5.41, 5.74) is -1.62. The van der Waals surface area contributed by atoms with Gasteiger partial charge in [-0.1, -0.05) is 13.3 Å². The lowest BCUT2D eigenvalue weighted by Gasteiger charge is -2.37. The highest BCUT2D eigenvalue weighted by molar-refractivity contribution is 5.98. The Balaban J connectivity index is 1.73. The number of hydrogen-bond acceptors (Lipinski definition) is 9. The quantitative estimate of drug-likeness (QED) is 0.186. The molecule has 0 radical (unpaired) electrons. The fourth-order valence-electron chi connectivity index (χ4n) is 4.87. The Kier molecular flexibility index (Phi) is 9.47. The van der Waals surface area contributed by atoms with E-state index in [0.717, 1.165) is 12.5 Å². The minimum absolute atomic E-state index is 0.324. The number of cyclic esters (lactones) is 1. The maximum absolute atomic E-state index is 14.6. The molecule has 232 valence electrons. The van der Waals surface area contributed by atoms with Crippen molar-refractivity contribution in [2.24, 2.45) is 11.8 Å². The summed E-state index contributed by atoms with van der Waals surface area (Å²) in [6, 6.07) is -2.16. The van der Waals surface area contributed by atoms with E-state index in [1.807, 2.05) is 0 Å². The summed E-state index contributed by atoms with van der Waals surface area (Å²) in [5.74, 6) is -14.1. The Morgan fingerprint density at radius 2 is 1.77 bits per heavy atom. The molecule has 1 aliphatic heterocycles. The van der Waals surface area contributed by atoms with Crippen molar-refractivity contribution < 1.29 is 51.7 Å². The van der Waals surface area contributed by atoms with Crippen LogP contribution in [0.25, 0.3) is 0 Å². The molecular weight excluding hydrogens is 582 g/mol. The second-order valence-corrected chi connectivity index (χ2v) is 10.5. The number of carbonyl (C=O) groups excluding carboxylic acids is 4. The lowest BCUT2D eigenvalue weighted by Crippen LogP contribution is -2.61. The average Bonchev–Trinajstić information content (AvgIpc) is 2.93. The summed E-state index contributed by atoms with van der Waals surface area (Å²) in [4.78, 5) is 59.2. The molecule has 0 spiro atoms. The van der Waals surface area contributed by atoms with Crippen LogP contribution in [0.3, 0.4) is 0 Å². The molecule has 16 heteroatoms. The standard InChI is InChI=1S/C27H29F4N5O7/c1-10-21(38)14(9-13-16(28)17(29)23(31)36-22(13)30)33-25(40)18(34-26(41)20-15(37)7-4-8-32-20)11(2)43-27(42)19(35-24(10)39)12-5-3-6-12/h4,7-8,10-12,14,18-19,21,37-38H,3,5-6,9H2,1-2H3,(H,33,40)(H,34,41)(H,35,39). The largest absolute Gasteiger partial charge is 0.505 e. The molecule has 3 heterocycles. The smallest absolute Gasteiger partial charge is 0.329 e. The molecule has 12 nitrogen and oxygen atoms in total. The van der Waals surface area contributed by atoms with Crippen LogP contribution in [0.5, 0.6) is 5.75 Å². The minimum atomic E-state index is -2.10. The fourth-order valence-corrected chi connectivity index (χ4v) is 4.87. The molecule has 2 aromatic rings. The van der Waals surface area contributed by atoms with Gasteiger partial charge in [-0.05, 0) is 37.8 Å². The highest BCUT2D eigenvalue weighted by atomic mass is 19.2. The Bertz CT molecular complexity index is 1430. The number of nitrogens with zero attached hydrogens (tertiary/aromatic N) is 2. The van der Waals surface area contributed by atoms with E-state index < -0.39 is 107 Å². The molecule has 1 saturated carbocycles. The van der Waals surface area contributed by atoms with Gasteiger partial charge in [0.2, 0.25) is 23.6 Å². The van der Waals surface area contributed by atoms with Gasteiger partial charge >= 0.3 is 5.97 Å². The third kappa shape index (κ3) is 6.68. The minimum Gasteiger partial charge on any atom is -0.505 e. The number of pyridine rings is 2. The zero-order valence-electron chi connectivity index (χ0n) is 22.9. The third-order valence-electron chi connectivity index (χ3n) is 7.69. The molecule has 0 aromatic carbocycles. The van der Waals surface area contributed by atoms with E-state index in [-0.39, 0.29) is 5.92 Å². The van der Waals surface area contributed by atoms with E-state index in [4.69, 9.17) is 4.74 Å². The first kappa shape index (κ1) is 31.6. The Hall–Kier alpha value is -4.34. The Labute approximate surface area is 242 Å². The molecule has 6 unspecified atom stereocenters. The zero-order valence-corrected chi connectivity index (χ0v) is 22.9. The molecule has 2 aromatic heterocycles. The van der Waals surface area contributed by atoms with Crippen molar-refractivity contribution in [2.45, 2.75) is 69.9 Å². The van der Waals surface area contributed by atoms with E-state index in [0.29, 0.717) is 12.8 Å². The van der Waals surface area contributed by atoms with Gasteiger partial charge in [-0.15, -0.1) is 0 Å². The molecule has 1 saturated heterocycles. The number of carbonyl (C=O) groups is 4. The molecule has 0 bridgehead atoms. The van der Waals surface area contributed by atoms with Crippen molar-refractivity contribution in [2.75, 3.05) is 0 Å². The summed E-state index contributed by atoms with van der Waals surface area (Å²) in [5, 5.41) is 28.2. The Morgan fingerprint density at radius 1 is 1.07 bits per heavy atom. The lowest BCUT2D eigenvalue weighted by atomic mass is 9.79. The van der Waals surface area contributed by atoms with Crippen LogP contribution < -0.4 is 16.0 Å². The van der Waals surface area contributed by atoms with Crippen LogP contribution in [0.1, 0.15) is 49.2 Å². The first-order chi connectivity index (χ1) is 20.3. The second kappa shape index (κ2) is 12.9. The molecule has 6 atom stereocenters. The molecule has 1 aliphatic carbocycles. The van der Waals surface area contributed by atoms with Gasteiger partial charge in [0.1, 0.15) is 23.9 Å². The van der Waals surface area contributed by atoms with Gasteiger partial charge in [-0.2, -0.15) is 18.2 Å². The van der Waals surface area contributed by atoms with Crippen LogP contribution in [0.2, 0.25) is 0 Å². The predicted octanol–water partition coefficient (Wildman–Crippen LogP) is 0.792. The first-order valence-corrected chi connectivity index (χ1v) is 13.4. The van der Waals surface area contributed by atoms with E-state index >= 15 is 0 Å². The van der Waals surface area contributed by atoms with Crippen LogP contribution in [0.15, 0.2) is 18.3 Å². The van der Waals surface area contributed by atoms with Crippen molar-refractivity contribution in [1.82, 2.24) is 25.9 Å².